The molecule has 1 N–H and O–H groups in total. The Morgan fingerprint density at radius 1 is 1.16 bits per heavy atom. The molecule has 0 bridgehead atoms. The van der Waals surface area contributed by atoms with Gasteiger partial charge in [0.05, 0.1) is 6.04 Å². The smallest absolute Gasteiger partial charge is 0.321 e. The maximum absolute atomic E-state index is 13.2. The van der Waals surface area contributed by atoms with Gasteiger partial charge in [-0.05, 0) is 30.7 Å². The number of likely N-dealkylation sites (tertiary alicyclic amines) is 1. The lowest BCUT2D eigenvalue weighted by Crippen LogP contribution is -2.62. The Balaban J connectivity index is 1.59. The van der Waals surface area contributed by atoms with Crippen molar-refractivity contribution in [2.24, 2.45) is 0 Å². The van der Waals surface area contributed by atoms with E-state index in [0.717, 1.165) is 36.9 Å². The van der Waals surface area contributed by atoms with Crippen molar-refractivity contribution in [3.05, 3.63) is 60.2 Å². The van der Waals surface area contributed by atoms with Crippen molar-refractivity contribution < 1.29 is 13.6 Å². The minimum atomic E-state index is -0.713. The SMILES string of the molecule is CCCN(c1ccccc1)C1CN(C(=O)Nc2cc(F)cc(F)c2)C1. The van der Waals surface area contributed by atoms with Gasteiger partial charge in [0.15, 0.2) is 0 Å². The zero-order chi connectivity index (χ0) is 17.8. The van der Waals surface area contributed by atoms with Crippen LogP contribution in [0.15, 0.2) is 48.5 Å². The first-order valence-corrected chi connectivity index (χ1v) is 8.40. The summed E-state index contributed by atoms with van der Waals surface area (Å²) in [4.78, 5) is 16.2. The highest BCUT2D eigenvalue weighted by Gasteiger charge is 2.34. The van der Waals surface area contributed by atoms with Gasteiger partial charge < -0.3 is 15.1 Å². The molecule has 3 rings (SSSR count). The van der Waals surface area contributed by atoms with E-state index in [0.29, 0.717) is 13.1 Å². The second kappa shape index (κ2) is 7.51. The molecule has 25 heavy (non-hydrogen) atoms. The molecule has 0 saturated carbocycles. The number of para-hydroxylation sites is 1. The summed E-state index contributed by atoms with van der Waals surface area (Å²) in [5.41, 5.74) is 1.26. The van der Waals surface area contributed by atoms with Crippen molar-refractivity contribution in [1.82, 2.24) is 4.90 Å². The Labute approximate surface area is 146 Å². The maximum Gasteiger partial charge on any atom is 0.321 e. The van der Waals surface area contributed by atoms with Crippen LogP contribution in [0.3, 0.4) is 0 Å². The zero-order valence-electron chi connectivity index (χ0n) is 14.1. The number of hydrogen-bond acceptors (Lipinski definition) is 2. The molecule has 132 valence electrons. The van der Waals surface area contributed by atoms with Gasteiger partial charge in [-0.15, -0.1) is 0 Å². The minimum Gasteiger partial charge on any atom is -0.365 e. The first-order valence-electron chi connectivity index (χ1n) is 8.40. The lowest BCUT2D eigenvalue weighted by molar-refractivity contribution is 0.161. The number of urea groups is 1. The fourth-order valence-electron chi connectivity index (χ4n) is 3.03. The summed E-state index contributed by atoms with van der Waals surface area (Å²) in [7, 11) is 0. The van der Waals surface area contributed by atoms with E-state index < -0.39 is 11.6 Å². The van der Waals surface area contributed by atoms with Crippen LogP contribution in [0.25, 0.3) is 0 Å². The Morgan fingerprint density at radius 3 is 2.40 bits per heavy atom. The van der Waals surface area contributed by atoms with E-state index in [1.807, 2.05) is 18.2 Å². The molecule has 1 fully saturated rings. The number of amides is 2. The third-order valence-corrected chi connectivity index (χ3v) is 4.26. The van der Waals surface area contributed by atoms with E-state index >= 15 is 0 Å². The molecule has 1 aliphatic rings. The molecule has 2 aromatic carbocycles. The summed E-state index contributed by atoms with van der Waals surface area (Å²) in [6, 6.07) is 13.0. The summed E-state index contributed by atoms with van der Waals surface area (Å²) < 4.78 is 26.4. The van der Waals surface area contributed by atoms with Crippen molar-refractivity contribution in [2.45, 2.75) is 19.4 Å². The van der Waals surface area contributed by atoms with Crippen LogP contribution in [0, 0.1) is 11.6 Å². The monoisotopic (exact) mass is 345 g/mol. The van der Waals surface area contributed by atoms with Crippen molar-refractivity contribution in [1.29, 1.82) is 0 Å². The Hall–Kier alpha value is -2.63. The Morgan fingerprint density at radius 2 is 1.80 bits per heavy atom. The van der Waals surface area contributed by atoms with Crippen LogP contribution in [0.2, 0.25) is 0 Å². The van der Waals surface area contributed by atoms with Crippen LogP contribution in [-0.4, -0.2) is 36.6 Å². The van der Waals surface area contributed by atoms with Crippen LogP contribution in [0.5, 0.6) is 0 Å². The third kappa shape index (κ3) is 4.07. The average molecular weight is 345 g/mol. The lowest BCUT2D eigenvalue weighted by Gasteiger charge is -2.46. The van der Waals surface area contributed by atoms with Gasteiger partial charge >= 0.3 is 6.03 Å². The molecule has 1 saturated heterocycles. The van der Waals surface area contributed by atoms with E-state index in [1.165, 1.54) is 0 Å². The molecule has 0 spiro atoms. The number of nitrogens with zero attached hydrogens (tertiary/aromatic N) is 2. The molecular weight excluding hydrogens is 324 g/mol. The van der Waals surface area contributed by atoms with E-state index in [-0.39, 0.29) is 17.8 Å². The summed E-state index contributed by atoms with van der Waals surface area (Å²) >= 11 is 0. The highest BCUT2D eigenvalue weighted by Crippen LogP contribution is 2.24. The van der Waals surface area contributed by atoms with Gasteiger partial charge in [-0.3, -0.25) is 0 Å². The van der Waals surface area contributed by atoms with Gasteiger partial charge in [-0.1, -0.05) is 25.1 Å². The van der Waals surface area contributed by atoms with Gasteiger partial charge in [-0.25, -0.2) is 13.6 Å². The van der Waals surface area contributed by atoms with Crippen LogP contribution < -0.4 is 10.2 Å². The van der Waals surface area contributed by atoms with Crippen molar-refractivity contribution >= 4 is 17.4 Å². The number of benzene rings is 2. The van der Waals surface area contributed by atoms with Crippen LogP contribution >= 0.6 is 0 Å². The molecule has 6 heteroatoms. The first kappa shape index (κ1) is 17.2. The van der Waals surface area contributed by atoms with E-state index in [2.05, 4.69) is 29.3 Å². The summed E-state index contributed by atoms with van der Waals surface area (Å²) in [5.74, 6) is -1.43. The van der Waals surface area contributed by atoms with Crippen LogP contribution in [0.4, 0.5) is 25.0 Å². The van der Waals surface area contributed by atoms with E-state index in [4.69, 9.17) is 0 Å². The number of carbonyl (C=O) groups is 1. The molecule has 0 aromatic heterocycles. The van der Waals surface area contributed by atoms with Gasteiger partial charge in [0.1, 0.15) is 11.6 Å². The minimum absolute atomic E-state index is 0.124. The normalized spacial score (nSPS) is 14.1. The summed E-state index contributed by atoms with van der Waals surface area (Å²) in [5, 5.41) is 2.55. The Kier molecular flexibility index (Phi) is 5.16. The molecule has 4 nitrogen and oxygen atoms in total. The van der Waals surface area contributed by atoms with Gasteiger partial charge in [0.25, 0.3) is 0 Å². The number of nitrogens with one attached hydrogen (secondary N) is 1. The fourth-order valence-corrected chi connectivity index (χ4v) is 3.03. The largest absolute Gasteiger partial charge is 0.365 e. The third-order valence-electron chi connectivity index (χ3n) is 4.26. The standard InChI is InChI=1S/C19H21F2N3O/c1-2-8-24(17-6-4-3-5-7-17)18-12-23(13-18)19(25)22-16-10-14(20)9-15(21)11-16/h3-7,9-11,18H,2,8,12-13H2,1H3,(H,22,25). The maximum atomic E-state index is 13.2. The molecule has 0 aliphatic carbocycles. The zero-order valence-corrected chi connectivity index (χ0v) is 14.1. The molecule has 0 unspecified atom stereocenters. The quantitative estimate of drug-likeness (QED) is 0.886. The predicted octanol–water partition coefficient (Wildman–Crippen LogP) is 4.10. The Bertz CT molecular complexity index is 712. The van der Waals surface area contributed by atoms with E-state index in [9.17, 15) is 13.6 Å². The van der Waals surface area contributed by atoms with Gasteiger partial charge in [0, 0.05) is 37.1 Å². The van der Waals surface area contributed by atoms with Crippen LogP contribution in [0.1, 0.15) is 13.3 Å². The van der Waals surface area contributed by atoms with Crippen molar-refractivity contribution in [2.75, 3.05) is 29.9 Å². The molecule has 0 atom stereocenters. The number of halogens is 2. The van der Waals surface area contributed by atoms with Gasteiger partial charge in [0.2, 0.25) is 0 Å². The molecule has 2 amide bonds. The molecular formula is C19H21F2N3O. The second-order valence-electron chi connectivity index (χ2n) is 6.18. The highest BCUT2D eigenvalue weighted by molar-refractivity contribution is 5.90. The lowest BCUT2D eigenvalue weighted by atomic mass is 10.1. The molecule has 0 radical (unpaired) electrons. The van der Waals surface area contributed by atoms with E-state index in [1.54, 1.807) is 4.90 Å². The number of anilines is 2. The van der Waals surface area contributed by atoms with Crippen molar-refractivity contribution in [3.63, 3.8) is 0 Å². The molecule has 1 heterocycles. The summed E-state index contributed by atoms with van der Waals surface area (Å²) in [6.07, 6.45) is 1.01. The average Bonchev–Trinajstić information content (AvgIpc) is 2.52. The first-order chi connectivity index (χ1) is 12.1. The van der Waals surface area contributed by atoms with Crippen LogP contribution in [-0.2, 0) is 0 Å². The van der Waals surface area contributed by atoms with Gasteiger partial charge in [-0.2, -0.15) is 0 Å². The topological polar surface area (TPSA) is 35.6 Å². The predicted molar refractivity (Wildman–Crippen MR) is 94.8 cm³/mol. The summed E-state index contributed by atoms with van der Waals surface area (Å²) in [6.45, 7) is 4.20. The number of carbonyl (C=O) groups excluding carboxylic acids is 1. The van der Waals surface area contributed by atoms with Crippen molar-refractivity contribution in [3.8, 4) is 0 Å². The molecule has 2 aromatic rings. The highest BCUT2D eigenvalue weighted by atomic mass is 19.1. The molecule has 1 aliphatic heterocycles. The second-order valence-corrected chi connectivity index (χ2v) is 6.18. The number of hydrogen-bond donors (Lipinski definition) is 1. The number of rotatable bonds is 5. The fraction of sp³-hybridized carbons (Fsp3) is 0.316.